The first kappa shape index (κ1) is 22.9. The van der Waals surface area contributed by atoms with E-state index in [1.54, 1.807) is 30.2 Å². The van der Waals surface area contributed by atoms with E-state index in [9.17, 15) is 14.7 Å². The number of carbonyl (C=O) groups is 2. The van der Waals surface area contributed by atoms with Crippen LogP contribution in [0.15, 0.2) is 46.9 Å². The minimum atomic E-state index is -1.04. The molecule has 0 spiro atoms. The van der Waals surface area contributed by atoms with Crippen molar-refractivity contribution in [2.24, 2.45) is 0 Å². The molecule has 3 aromatic rings. The lowest BCUT2D eigenvalue weighted by atomic mass is 9.81. The average molecular weight is 527 g/mol. The number of nitrogens with zero attached hydrogens (tertiary/aromatic N) is 2. The van der Waals surface area contributed by atoms with Gasteiger partial charge in [-0.25, -0.2) is 4.79 Å². The highest BCUT2D eigenvalue weighted by molar-refractivity contribution is 9.10. The topological polar surface area (TPSA) is 97.9 Å². The summed E-state index contributed by atoms with van der Waals surface area (Å²) in [6, 6.07) is 12.1. The fourth-order valence-electron chi connectivity index (χ4n) is 5.21. The highest BCUT2D eigenvalue weighted by atomic mass is 79.9. The van der Waals surface area contributed by atoms with Gasteiger partial charge in [-0.15, -0.1) is 0 Å². The molecule has 0 radical (unpaired) electrons. The van der Waals surface area contributed by atoms with E-state index in [0.717, 1.165) is 32.2 Å². The van der Waals surface area contributed by atoms with Gasteiger partial charge in [-0.3, -0.25) is 14.6 Å². The van der Waals surface area contributed by atoms with Crippen LogP contribution in [-0.2, 0) is 16.0 Å². The van der Waals surface area contributed by atoms with Crippen LogP contribution in [0.5, 0.6) is 5.75 Å². The Kier molecular flexibility index (Phi) is 5.87. The van der Waals surface area contributed by atoms with Crippen molar-refractivity contribution in [3.8, 4) is 5.75 Å². The number of aromatic hydroxyl groups is 1. The zero-order chi connectivity index (χ0) is 24.0. The molecule has 178 valence electrons. The molecule has 0 saturated carbocycles. The van der Waals surface area contributed by atoms with Crippen LogP contribution in [0.3, 0.4) is 0 Å². The van der Waals surface area contributed by atoms with Crippen molar-refractivity contribution in [3.63, 3.8) is 0 Å². The summed E-state index contributed by atoms with van der Waals surface area (Å²) in [7, 11) is 1.63. The molecule has 9 heteroatoms. The van der Waals surface area contributed by atoms with Crippen molar-refractivity contribution in [1.29, 1.82) is 0 Å². The van der Waals surface area contributed by atoms with Crippen molar-refractivity contribution in [3.05, 3.63) is 63.8 Å². The van der Waals surface area contributed by atoms with Crippen molar-refractivity contribution >= 4 is 38.8 Å². The zero-order valence-corrected chi connectivity index (χ0v) is 20.7. The molecule has 0 aliphatic carbocycles. The van der Waals surface area contributed by atoms with E-state index in [4.69, 9.17) is 4.74 Å². The minimum Gasteiger partial charge on any atom is -0.508 e. The number of ether oxygens (including phenoxy) is 1. The van der Waals surface area contributed by atoms with E-state index < -0.39 is 11.6 Å². The number of carbonyl (C=O) groups excluding carboxylic acids is 2. The number of benzene rings is 2. The maximum atomic E-state index is 13.7. The molecule has 5 rings (SSSR count). The number of hydrogen-bond acceptors (Lipinski definition) is 5. The Morgan fingerprint density at radius 3 is 2.82 bits per heavy atom. The number of urea groups is 1. The van der Waals surface area contributed by atoms with E-state index in [0.29, 0.717) is 26.1 Å². The number of phenolic OH excluding ortho intramolecular Hbond substituents is 1. The number of rotatable bonds is 7. The average Bonchev–Trinajstić information content (AvgIpc) is 3.24. The third-order valence-electron chi connectivity index (χ3n) is 6.81. The standard InChI is InChI=1S/C25H27BrN4O4/c1-25-14-19-18-13-16(26)6-7-20(18)28-21(19)22(15-4-3-5-17(31)12-15)30(25)24(33)29(23(25)32)10-8-27-9-11-34-2/h3-7,12-13,22,27-28,31H,8-11,14H2,1-2H3/t22-,25+/m1/s1. The fraction of sp³-hybridized carbons (Fsp3) is 0.360. The monoisotopic (exact) mass is 526 g/mol. The van der Waals surface area contributed by atoms with E-state index >= 15 is 0 Å². The van der Waals surface area contributed by atoms with Crippen LogP contribution in [-0.4, -0.2) is 70.7 Å². The van der Waals surface area contributed by atoms with Crippen LogP contribution >= 0.6 is 15.9 Å². The molecule has 8 nitrogen and oxygen atoms in total. The van der Waals surface area contributed by atoms with Gasteiger partial charge in [0.2, 0.25) is 0 Å². The van der Waals surface area contributed by atoms with E-state index in [1.165, 1.54) is 4.90 Å². The summed E-state index contributed by atoms with van der Waals surface area (Å²) in [4.78, 5) is 34.0. The second-order valence-corrected chi connectivity index (χ2v) is 9.92. The summed E-state index contributed by atoms with van der Waals surface area (Å²) in [6.07, 6.45) is 0.409. The molecular weight excluding hydrogens is 500 g/mol. The number of imide groups is 1. The highest BCUT2D eigenvalue weighted by Crippen LogP contribution is 2.49. The number of fused-ring (bicyclic) bond motifs is 4. The third kappa shape index (κ3) is 3.59. The van der Waals surface area contributed by atoms with Gasteiger partial charge < -0.3 is 20.1 Å². The van der Waals surface area contributed by atoms with Gasteiger partial charge in [0.1, 0.15) is 17.3 Å². The quantitative estimate of drug-likeness (QED) is 0.323. The molecule has 1 fully saturated rings. The van der Waals surface area contributed by atoms with Gasteiger partial charge in [0.25, 0.3) is 5.91 Å². The smallest absolute Gasteiger partial charge is 0.328 e. The number of aromatic amines is 1. The summed E-state index contributed by atoms with van der Waals surface area (Å²) in [5, 5.41) is 14.4. The highest BCUT2D eigenvalue weighted by Gasteiger charge is 2.60. The molecule has 34 heavy (non-hydrogen) atoms. The normalized spacial score (nSPS) is 21.9. The number of methoxy groups -OCH3 is 1. The van der Waals surface area contributed by atoms with Gasteiger partial charge in [0.05, 0.1) is 6.61 Å². The number of nitrogens with one attached hydrogen (secondary N) is 2. The van der Waals surface area contributed by atoms with Crippen LogP contribution in [0, 0.1) is 0 Å². The van der Waals surface area contributed by atoms with Crippen LogP contribution in [0.2, 0.25) is 0 Å². The molecule has 1 saturated heterocycles. The number of H-pyrrole nitrogens is 1. The molecule has 2 aliphatic rings. The fourth-order valence-corrected chi connectivity index (χ4v) is 5.57. The molecule has 3 amide bonds. The van der Waals surface area contributed by atoms with Gasteiger partial charge in [-0.1, -0.05) is 28.1 Å². The molecule has 2 atom stereocenters. The number of aromatic nitrogens is 1. The van der Waals surface area contributed by atoms with Gasteiger partial charge in [0.15, 0.2) is 0 Å². The predicted molar refractivity (Wildman–Crippen MR) is 132 cm³/mol. The Labute approximate surface area is 206 Å². The molecule has 2 aromatic carbocycles. The van der Waals surface area contributed by atoms with Gasteiger partial charge in [0, 0.05) is 54.2 Å². The Bertz CT molecular complexity index is 1280. The zero-order valence-electron chi connectivity index (χ0n) is 19.1. The van der Waals surface area contributed by atoms with Crippen LogP contribution in [0.4, 0.5) is 4.79 Å². The summed E-state index contributed by atoms with van der Waals surface area (Å²) >= 11 is 3.56. The van der Waals surface area contributed by atoms with Crippen LogP contribution < -0.4 is 5.32 Å². The molecule has 1 aromatic heterocycles. The lowest BCUT2D eigenvalue weighted by molar-refractivity contribution is -0.133. The van der Waals surface area contributed by atoms with Gasteiger partial charge >= 0.3 is 6.03 Å². The number of hydrogen-bond donors (Lipinski definition) is 3. The minimum absolute atomic E-state index is 0.113. The van der Waals surface area contributed by atoms with Crippen molar-refractivity contribution in [2.75, 3.05) is 33.4 Å². The maximum absolute atomic E-state index is 13.7. The Balaban J connectivity index is 1.60. The lowest BCUT2D eigenvalue weighted by Crippen LogP contribution is -2.53. The summed E-state index contributed by atoms with van der Waals surface area (Å²) < 4.78 is 5.99. The van der Waals surface area contributed by atoms with E-state index in [1.807, 2.05) is 31.2 Å². The second kappa shape index (κ2) is 8.72. The first-order valence-corrected chi connectivity index (χ1v) is 12.1. The SMILES string of the molecule is COCCNCCN1C(=O)N2[C@H](c3cccc(O)c3)c3[nH]c4ccc(Br)cc4c3C[C@@]2(C)C1=O. The molecule has 0 bridgehead atoms. The maximum Gasteiger partial charge on any atom is 0.328 e. The largest absolute Gasteiger partial charge is 0.508 e. The molecular formula is C25H27BrN4O4. The van der Waals surface area contributed by atoms with Crippen molar-refractivity contribution < 1.29 is 19.4 Å². The third-order valence-corrected chi connectivity index (χ3v) is 7.30. The molecule has 0 unspecified atom stereocenters. The Morgan fingerprint density at radius 1 is 1.24 bits per heavy atom. The van der Waals surface area contributed by atoms with E-state index in [-0.39, 0.29) is 24.2 Å². The summed E-state index contributed by atoms with van der Waals surface area (Å²) in [5.41, 5.74) is 2.55. The first-order valence-electron chi connectivity index (χ1n) is 11.3. The van der Waals surface area contributed by atoms with Crippen molar-refractivity contribution in [1.82, 2.24) is 20.1 Å². The van der Waals surface area contributed by atoms with Gasteiger partial charge in [-0.05, 0) is 48.4 Å². The van der Waals surface area contributed by atoms with E-state index in [2.05, 4.69) is 26.2 Å². The second-order valence-electron chi connectivity index (χ2n) is 9.01. The lowest BCUT2D eigenvalue weighted by Gasteiger charge is -2.42. The number of amides is 3. The molecule has 3 N–H and O–H groups in total. The predicted octanol–water partition coefficient (Wildman–Crippen LogP) is 3.54. The van der Waals surface area contributed by atoms with Crippen LogP contribution in [0.1, 0.15) is 29.8 Å². The van der Waals surface area contributed by atoms with Gasteiger partial charge in [-0.2, -0.15) is 0 Å². The Morgan fingerprint density at radius 2 is 2.06 bits per heavy atom. The van der Waals surface area contributed by atoms with Crippen molar-refractivity contribution in [2.45, 2.75) is 24.9 Å². The van der Waals surface area contributed by atoms with Crippen LogP contribution in [0.25, 0.3) is 10.9 Å². The Hall–Kier alpha value is -2.88. The molecule has 2 aliphatic heterocycles. The molecule has 3 heterocycles. The number of phenols is 1. The first-order chi connectivity index (χ1) is 16.3. The number of halogens is 1. The summed E-state index contributed by atoms with van der Waals surface area (Å²) in [6.45, 7) is 3.82. The summed E-state index contributed by atoms with van der Waals surface area (Å²) in [5.74, 6) is -0.0893.